The third kappa shape index (κ3) is 6.24. The number of carbonyl (C=O) groups is 1. The number of rotatable bonds is 6. The Morgan fingerprint density at radius 1 is 1.19 bits per heavy atom. The number of alkyl halides is 3. The van der Waals surface area contributed by atoms with Gasteiger partial charge >= 0.3 is 6.18 Å². The Morgan fingerprint density at radius 3 is 2.54 bits per heavy atom. The highest BCUT2D eigenvalue weighted by atomic mass is 32.2. The molecular weight excluding hydrogens is 375 g/mol. The molecule has 1 amide bonds. The third-order valence-electron chi connectivity index (χ3n) is 2.81. The molecule has 0 aliphatic carbocycles. The number of amides is 1. The fourth-order valence-corrected chi connectivity index (χ4v) is 2.46. The van der Waals surface area contributed by atoms with E-state index in [1.165, 1.54) is 42.6 Å². The largest absolute Gasteiger partial charge is 0.467 e. The van der Waals surface area contributed by atoms with Crippen LogP contribution in [0, 0.1) is 0 Å². The first kappa shape index (κ1) is 19.5. The van der Waals surface area contributed by atoms with Crippen molar-refractivity contribution in [3.05, 3.63) is 48.2 Å². The van der Waals surface area contributed by atoms with Gasteiger partial charge in [0.15, 0.2) is 6.61 Å². The minimum absolute atomic E-state index is 0.196. The van der Waals surface area contributed by atoms with Crippen LogP contribution in [-0.4, -0.2) is 38.3 Å². The fourth-order valence-electron chi connectivity index (χ4n) is 1.90. The van der Waals surface area contributed by atoms with Crippen LogP contribution in [0.25, 0.3) is 0 Å². The fraction of sp³-hybridized carbons (Fsp3) is 0.200. The number of halogens is 3. The Labute approximate surface area is 147 Å². The Kier molecular flexibility index (Phi) is 5.70. The van der Waals surface area contributed by atoms with Crippen LogP contribution in [0.4, 0.5) is 24.5 Å². The number of nitrogens with one attached hydrogen (secondary N) is 2. The second-order valence-electron chi connectivity index (χ2n) is 5.17. The highest BCUT2D eigenvalue weighted by Crippen LogP contribution is 2.22. The maximum absolute atomic E-state index is 12.3. The van der Waals surface area contributed by atoms with E-state index in [1.807, 2.05) is 0 Å². The van der Waals surface area contributed by atoms with Gasteiger partial charge in [-0.3, -0.25) is 9.52 Å². The molecule has 0 saturated heterocycles. The van der Waals surface area contributed by atoms with Crippen molar-refractivity contribution in [2.75, 3.05) is 22.9 Å². The minimum Gasteiger partial charge on any atom is -0.467 e. The molecule has 0 bridgehead atoms. The molecule has 1 aromatic carbocycles. The molecule has 2 aromatic rings. The second kappa shape index (κ2) is 7.60. The first-order chi connectivity index (χ1) is 12.0. The summed E-state index contributed by atoms with van der Waals surface area (Å²) in [5.74, 6) is -1.22. The molecule has 0 radical (unpaired) electrons. The molecule has 0 saturated carbocycles. The van der Waals surface area contributed by atoms with Gasteiger partial charge in [0.25, 0.3) is 5.91 Å². The number of pyridine rings is 1. The highest BCUT2D eigenvalue weighted by Gasteiger charge is 2.29. The average Bonchev–Trinajstić information content (AvgIpc) is 2.51. The number of carbonyl (C=O) groups excluding carboxylic acids is 1. The van der Waals surface area contributed by atoms with Crippen LogP contribution in [0.5, 0.6) is 5.88 Å². The lowest BCUT2D eigenvalue weighted by molar-refractivity contribution is -0.154. The molecule has 0 atom stereocenters. The van der Waals surface area contributed by atoms with E-state index < -0.39 is 34.6 Å². The van der Waals surface area contributed by atoms with Crippen LogP contribution in [0.1, 0.15) is 10.4 Å². The monoisotopic (exact) mass is 389 g/mol. The molecule has 11 heteroatoms. The summed E-state index contributed by atoms with van der Waals surface area (Å²) >= 11 is 0. The Hall–Kier alpha value is -2.82. The lowest BCUT2D eigenvalue weighted by Gasteiger charge is -2.12. The van der Waals surface area contributed by atoms with E-state index in [2.05, 4.69) is 19.8 Å². The van der Waals surface area contributed by atoms with Gasteiger partial charge in [0.1, 0.15) is 5.56 Å². The lowest BCUT2D eigenvalue weighted by Crippen LogP contribution is -2.22. The zero-order chi connectivity index (χ0) is 19.4. The van der Waals surface area contributed by atoms with Crippen molar-refractivity contribution in [3.8, 4) is 5.88 Å². The first-order valence-corrected chi connectivity index (χ1v) is 8.96. The van der Waals surface area contributed by atoms with Crippen molar-refractivity contribution in [1.82, 2.24) is 4.98 Å². The van der Waals surface area contributed by atoms with Gasteiger partial charge in [-0.1, -0.05) is 6.07 Å². The summed E-state index contributed by atoms with van der Waals surface area (Å²) in [6.45, 7) is -1.59. The lowest BCUT2D eigenvalue weighted by atomic mass is 10.2. The van der Waals surface area contributed by atoms with Crippen LogP contribution in [0.3, 0.4) is 0 Å². The smallest absolute Gasteiger partial charge is 0.422 e. The average molecular weight is 389 g/mol. The molecule has 0 fully saturated rings. The number of ether oxygens (including phenoxy) is 1. The molecule has 1 aromatic heterocycles. The van der Waals surface area contributed by atoms with Crippen molar-refractivity contribution in [3.63, 3.8) is 0 Å². The molecule has 2 N–H and O–H groups in total. The van der Waals surface area contributed by atoms with E-state index in [0.29, 0.717) is 0 Å². The van der Waals surface area contributed by atoms with Crippen LogP contribution in [-0.2, 0) is 10.0 Å². The van der Waals surface area contributed by atoms with Crippen molar-refractivity contribution in [2.45, 2.75) is 6.18 Å². The molecule has 0 aliphatic heterocycles. The van der Waals surface area contributed by atoms with Gasteiger partial charge in [-0.25, -0.2) is 13.4 Å². The predicted octanol–water partition coefficient (Wildman–Crippen LogP) is 2.65. The number of hydrogen-bond donors (Lipinski definition) is 2. The van der Waals surface area contributed by atoms with Crippen molar-refractivity contribution >= 4 is 27.3 Å². The van der Waals surface area contributed by atoms with E-state index in [1.54, 1.807) is 0 Å². The SMILES string of the molecule is CS(=O)(=O)Nc1cccc(NC(=O)c2cccnc2OCC(F)(F)F)c1. The van der Waals surface area contributed by atoms with E-state index in [0.717, 1.165) is 6.26 Å². The van der Waals surface area contributed by atoms with Gasteiger partial charge in [0.05, 0.1) is 11.9 Å². The number of benzene rings is 1. The predicted molar refractivity (Wildman–Crippen MR) is 88.6 cm³/mol. The number of anilines is 2. The second-order valence-corrected chi connectivity index (χ2v) is 6.92. The number of sulfonamides is 1. The summed E-state index contributed by atoms with van der Waals surface area (Å²) in [6.07, 6.45) is -2.41. The van der Waals surface area contributed by atoms with Gasteiger partial charge in [-0.05, 0) is 30.3 Å². The van der Waals surface area contributed by atoms with Gasteiger partial charge < -0.3 is 10.1 Å². The summed E-state index contributed by atoms with van der Waals surface area (Å²) in [5.41, 5.74) is 0.248. The van der Waals surface area contributed by atoms with E-state index >= 15 is 0 Å². The third-order valence-corrected chi connectivity index (χ3v) is 3.42. The molecular formula is C15H14F3N3O4S. The van der Waals surface area contributed by atoms with Crippen molar-refractivity contribution < 1.29 is 31.1 Å². The Bertz CT molecular complexity index is 901. The van der Waals surface area contributed by atoms with Gasteiger partial charge in [0, 0.05) is 11.9 Å². The molecule has 0 aliphatic rings. The van der Waals surface area contributed by atoms with Crippen molar-refractivity contribution in [2.24, 2.45) is 0 Å². The first-order valence-electron chi connectivity index (χ1n) is 7.07. The zero-order valence-corrected chi connectivity index (χ0v) is 14.2. The molecule has 7 nitrogen and oxygen atoms in total. The zero-order valence-electron chi connectivity index (χ0n) is 13.4. The molecule has 2 rings (SSSR count). The summed E-state index contributed by atoms with van der Waals surface area (Å²) in [6, 6.07) is 8.43. The minimum atomic E-state index is -4.57. The quantitative estimate of drug-likeness (QED) is 0.792. The van der Waals surface area contributed by atoms with Crippen LogP contribution < -0.4 is 14.8 Å². The van der Waals surface area contributed by atoms with Crippen LogP contribution in [0.2, 0.25) is 0 Å². The number of nitrogens with zero attached hydrogens (tertiary/aromatic N) is 1. The molecule has 0 unspecified atom stereocenters. The van der Waals surface area contributed by atoms with E-state index in [4.69, 9.17) is 0 Å². The maximum atomic E-state index is 12.3. The maximum Gasteiger partial charge on any atom is 0.422 e. The summed E-state index contributed by atoms with van der Waals surface area (Å²) < 4.78 is 66.2. The topological polar surface area (TPSA) is 97.4 Å². The molecule has 26 heavy (non-hydrogen) atoms. The molecule has 0 spiro atoms. The van der Waals surface area contributed by atoms with E-state index in [9.17, 15) is 26.4 Å². The molecule has 1 heterocycles. The van der Waals surface area contributed by atoms with Crippen LogP contribution >= 0.6 is 0 Å². The Balaban J connectivity index is 2.17. The summed E-state index contributed by atoms with van der Waals surface area (Å²) in [5, 5.41) is 2.45. The molecule has 140 valence electrons. The number of hydrogen-bond acceptors (Lipinski definition) is 5. The van der Waals surface area contributed by atoms with Gasteiger partial charge in [0.2, 0.25) is 15.9 Å². The van der Waals surface area contributed by atoms with Crippen LogP contribution in [0.15, 0.2) is 42.6 Å². The van der Waals surface area contributed by atoms with Gasteiger partial charge in [-0.15, -0.1) is 0 Å². The summed E-state index contributed by atoms with van der Waals surface area (Å²) in [4.78, 5) is 15.9. The number of aromatic nitrogens is 1. The van der Waals surface area contributed by atoms with Gasteiger partial charge in [-0.2, -0.15) is 13.2 Å². The van der Waals surface area contributed by atoms with E-state index in [-0.39, 0.29) is 16.9 Å². The Morgan fingerprint density at radius 2 is 1.88 bits per heavy atom. The normalized spacial score (nSPS) is 11.7. The highest BCUT2D eigenvalue weighted by molar-refractivity contribution is 7.92. The van der Waals surface area contributed by atoms with Crippen molar-refractivity contribution in [1.29, 1.82) is 0 Å². The summed E-state index contributed by atoms with van der Waals surface area (Å²) in [7, 11) is -3.50. The standard InChI is InChI=1S/C15H14F3N3O4S/c1-26(23,24)21-11-5-2-4-10(8-11)20-13(22)12-6-3-7-19-14(12)25-9-15(16,17)18/h2-8,21H,9H2,1H3,(H,20,22).